The Morgan fingerprint density at radius 2 is 2.36 bits per heavy atom. The van der Waals surface area contributed by atoms with Gasteiger partial charge in [-0.15, -0.1) is 0 Å². The highest BCUT2D eigenvalue weighted by atomic mass is 15.2. The van der Waals surface area contributed by atoms with Gasteiger partial charge in [0.2, 0.25) is 0 Å². The highest BCUT2D eigenvalue weighted by molar-refractivity contribution is 4.87. The van der Waals surface area contributed by atoms with Gasteiger partial charge < -0.3 is 5.32 Å². The number of nitrogens with zero attached hydrogens (tertiary/aromatic N) is 2. The first-order chi connectivity index (χ1) is 6.74. The summed E-state index contributed by atoms with van der Waals surface area (Å²) in [6.07, 6.45) is 1.90. The topological polar surface area (TPSA) is 39.1 Å². The fraction of sp³-hybridized carbons (Fsp3) is 0.909. The van der Waals surface area contributed by atoms with Crippen molar-refractivity contribution in [3.63, 3.8) is 0 Å². The fourth-order valence-corrected chi connectivity index (χ4v) is 1.83. The van der Waals surface area contributed by atoms with Crippen LogP contribution in [0.25, 0.3) is 0 Å². The molecule has 0 aromatic carbocycles. The van der Waals surface area contributed by atoms with E-state index in [-0.39, 0.29) is 0 Å². The summed E-state index contributed by atoms with van der Waals surface area (Å²) in [5.74, 6) is 0.757. The molecule has 0 amide bonds. The van der Waals surface area contributed by atoms with Gasteiger partial charge in [0.05, 0.1) is 12.5 Å². The number of hydrogen-bond donors (Lipinski definition) is 1. The van der Waals surface area contributed by atoms with Crippen LogP contribution in [0.3, 0.4) is 0 Å². The van der Waals surface area contributed by atoms with Crippen molar-refractivity contribution in [2.45, 2.75) is 32.7 Å². The predicted molar refractivity (Wildman–Crippen MR) is 57.9 cm³/mol. The summed E-state index contributed by atoms with van der Waals surface area (Å²) in [6.45, 7) is 8.79. The first-order valence-corrected chi connectivity index (χ1v) is 5.55. The lowest BCUT2D eigenvalue weighted by atomic mass is 10.1. The van der Waals surface area contributed by atoms with E-state index in [1.54, 1.807) is 0 Å². The van der Waals surface area contributed by atoms with Crippen LogP contribution >= 0.6 is 0 Å². The molecule has 0 bridgehead atoms. The molecule has 1 unspecified atom stereocenters. The number of piperazine rings is 1. The second kappa shape index (κ2) is 6.00. The molecular weight excluding hydrogens is 174 g/mol. The minimum atomic E-state index is 0.437. The van der Waals surface area contributed by atoms with Gasteiger partial charge in [-0.3, -0.25) is 4.90 Å². The van der Waals surface area contributed by atoms with Crippen LogP contribution in [-0.2, 0) is 0 Å². The molecule has 0 radical (unpaired) electrons. The minimum Gasteiger partial charge on any atom is -0.314 e. The molecule has 0 spiro atoms. The quantitative estimate of drug-likeness (QED) is 0.733. The second-order valence-electron chi connectivity index (χ2n) is 4.44. The van der Waals surface area contributed by atoms with Gasteiger partial charge in [-0.2, -0.15) is 5.26 Å². The summed E-state index contributed by atoms with van der Waals surface area (Å²) in [6, 6.07) is 2.71. The van der Waals surface area contributed by atoms with Gasteiger partial charge in [-0.25, -0.2) is 0 Å². The smallest absolute Gasteiger partial charge is 0.0638 e. The van der Waals surface area contributed by atoms with Crippen LogP contribution in [0, 0.1) is 17.2 Å². The van der Waals surface area contributed by atoms with Crippen molar-refractivity contribution < 1.29 is 0 Å². The summed E-state index contributed by atoms with van der Waals surface area (Å²) >= 11 is 0. The van der Waals surface area contributed by atoms with Gasteiger partial charge in [0.25, 0.3) is 0 Å². The molecule has 3 nitrogen and oxygen atoms in total. The minimum absolute atomic E-state index is 0.437. The molecule has 1 atom stereocenters. The zero-order valence-corrected chi connectivity index (χ0v) is 9.29. The Morgan fingerprint density at radius 3 is 3.00 bits per heavy atom. The average Bonchev–Trinajstić information content (AvgIpc) is 2.17. The number of rotatable bonds is 4. The Bertz CT molecular complexity index is 195. The average molecular weight is 195 g/mol. The van der Waals surface area contributed by atoms with Crippen LogP contribution in [0.15, 0.2) is 0 Å². The third-order valence-electron chi connectivity index (χ3n) is 2.79. The first-order valence-electron chi connectivity index (χ1n) is 5.55. The molecule has 1 N–H and O–H groups in total. The van der Waals surface area contributed by atoms with Crippen molar-refractivity contribution in [2.24, 2.45) is 5.92 Å². The molecular formula is C11H21N3. The third-order valence-corrected chi connectivity index (χ3v) is 2.79. The predicted octanol–water partition coefficient (Wildman–Crippen LogP) is 1.22. The maximum atomic E-state index is 8.71. The number of hydrogen-bond acceptors (Lipinski definition) is 3. The molecule has 0 aromatic rings. The molecule has 1 saturated heterocycles. The molecule has 1 rings (SSSR count). The van der Waals surface area contributed by atoms with Gasteiger partial charge in [-0.05, 0) is 18.9 Å². The highest BCUT2D eigenvalue weighted by Crippen LogP contribution is 2.10. The Kier molecular flexibility index (Phi) is 4.92. The molecule has 1 aliphatic heterocycles. The van der Waals surface area contributed by atoms with E-state index in [1.807, 2.05) is 0 Å². The van der Waals surface area contributed by atoms with Crippen LogP contribution in [0.5, 0.6) is 0 Å². The van der Waals surface area contributed by atoms with E-state index in [0.29, 0.717) is 12.5 Å². The third kappa shape index (κ3) is 3.65. The summed E-state index contributed by atoms with van der Waals surface area (Å²) in [5.41, 5.74) is 0. The Balaban J connectivity index is 2.34. The normalized spacial score (nSPS) is 23.7. The Labute approximate surface area is 87.1 Å². The van der Waals surface area contributed by atoms with Gasteiger partial charge in [0, 0.05) is 25.7 Å². The lowest BCUT2D eigenvalue weighted by Gasteiger charge is -2.35. The van der Waals surface area contributed by atoms with Gasteiger partial charge in [-0.1, -0.05) is 13.8 Å². The monoisotopic (exact) mass is 195 g/mol. The van der Waals surface area contributed by atoms with E-state index in [0.717, 1.165) is 32.1 Å². The van der Waals surface area contributed by atoms with E-state index >= 15 is 0 Å². The summed E-state index contributed by atoms with van der Waals surface area (Å²) in [7, 11) is 0. The first kappa shape index (κ1) is 11.5. The van der Waals surface area contributed by atoms with Crippen LogP contribution < -0.4 is 5.32 Å². The van der Waals surface area contributed by atoms with Gasteiger partial charge in [0.15, 0.2) is 0 Å². The van der Waals surface area contributed by atoms with Crippen molar-refractivity contribution in [3.05, 3.63) is 0 Å². The lowest BCUT2D eigenvalue weighted by Crippen LogP contribution is -2.51. The Hall–Kier alpha value is -0.590. The lowest BCUT2D eigenvalue weighted by molar-refractivity contribution is 0.155. The number of nitriles is 1. The fourth-order valence-electron chi connectivity index (χ4n) is 1.83. The molecule has 1 fully saturated rings. The summed E-state index contributed by atoms with van der Waals surface area (Å²) in [5, 5.41) is 12.1. The second-order valence-corrected chi connectivity index (χ2v) is 4.44. The standard InChI is InChI=1S/C11H21N3/c1-10(2)4-7-14-8-6-13-9-11(14)3-5-12/h10-11,13H,3-4,6-9H2,1-2H3. The van der Waals surface area contributed by atoms with E-state index in [2.05, 4.69) is 30.1 Å². The molecule has 0 aromatic heterocycles. The van der Waals surface area contributed by atoms with Crippen LogP contribution in [0.1, 0.15) is 26.7 Å². The van der Waals surface area contributed by atoms with Gasteiger partial charge in [0.1, 0.15) is 0 Å². The molecule has 1 aliphatic rings. The summed E-state index contributed by atoms with van der Waals surface area (Å²) < 4.78 is 0. The maximum absolute atomic E-state index is 8.71. The Morgan fingerprint density at radius 1 is 1.57 bits per heavy atom. The van der Waals surface area contributed by atoms with Crippen LogP contribution in [0.4, 0.5) is 0 Å². The summed E-state index contributed by atoms with van der Waals surface area (Å²) in [4.78, 5) is 2.46. The number of nitrogens with one attached hydrogen (secondary N) is 1. The van der Waals surface area contributed by atoms with Crippen molar-refractivity contribution in [2.75, 3.05) is 26.2 Å². The zero-order chi connectivity index (χ0) is 10.4. The largest absolute Gasteiger partial charge is 0.314 e. The highest BCUT2D eigenvalue weighted by Gasteiger charge is 2.21. The molecule has 14 heavy (non-hydrogen) atoms. The van der Waals surface area contributed by atoms with Crippen molar-refractivity contribution >= 4 is 0 Å². The SMILES string of the molecule is CC(C)CCN1CCNCC1CC#N. The molecule has 0 saturated carbocycles. The van der Waals surface area contributed by atoms with Crippen molar-refractivity contribution in [1.29, 1.82) is 5.26 Å². The molecule has 0 aliphatic carbocycles. The van der Waals surface area contributed by atoms with Gasteiger partial charge >= 0.3 is 0 Å². The van der Waals surface area contributed by atoms with Crippen molar-refractivity contribution in [3.8, 4) is 6.07 Å². The van der Waals surface area contributed by atoms with Crippen LogP contribution in [0.2, 0.25) is 0 Å². The molecule has 3 heteroatoms. The zero-order valence-electron chi connectivity index (χ0n) is 9.29. The maximum Gasteiger partial charge on any atom is 0.0638 e. The van der Waals surface area contributed by atoms with E-state index in [4.69, 9.17) is 5.26 Å². The molecule has 80 valence electrons. The van der Waals surface area contributed by atoms with E-state index in [9.17, 15) is 0 Å². The van der Waals surface area contributed by atoms with Crippen LogP contribution in [-0.4, -0.2) is 37.1 Å². The molecule has 1 heterocycles. The van der Waals surface area contributed by atoms with E-state index < -0.39 is 0 Å². The van der Waals surface area contributed by atoms with Crippen molar-refractivity contribution in [1.82, 2.24) is 10.2 Å². The van der Waals surface area contributed by atoms with E-state index in [1.165, 1.54) is 6.42 Å².